The molecule has 18 heavy (non-hydrogen) atoms. The van der Waals surface area contributed by atoms with Crippen molar-refractivity contribution in [2.24, 2.45) is 5.73 Å². The van der Waals surface area contributed by atoms with Crippen LogP contribution in [0.4, 0.5) is 5.82 Å². The molecule has 2 aromatic rings. The van der Waals surface area contributed by atoms with Crippen LogP contribution in [0.25, 0.3) is 10.9 Å². The number of nitrogens with two attached hydrogens (primary N) is 1. The van der Waals surface area contributed by atoms with E-state index in [-0.39, 0.29) is 0 Å². The summed E-state index contributed by atoms with van der Waals surface area (Å²) in [5.74, 6) is 0.895. The van der Waals surface area contributed by atoms with Gasteiger partial charge in [-0.05, 0) is 26.0 Å². The van der Waals surface area contributed by atoms with Gasteiger partial charge in [0.15, 0.2) is 0 Å². The Bertz CT molecular complexity index is 593. The average Bonchev–Trinajstić information content (AvgIpc) is 2.36. The summed E-state index contributed by atoms with van der Waals surface area (Å²) < 4.78 is 0. The van der Waals surface area contributed by atoms with E-state index in [4.69, 9.17) is 18.0 Å². The number of anilines is 1. The lowest BCUT2D eigenvalue weighted by Crippen LogP contribution is -2.27. The molecule has 4 heteroatoms. The van der Waals surface area contributed by atoms with Crippen LogP contribution < -0.4 is 10.6 Å². The lowest BCUT2D eigenvalue weighted by Gasteiger charge is -2.23. The van der Waals surface area contributed by atoms with Gasteiger partial charge in [0.25, 0.3) is 0 Å². The number of hydrogen-bond donors (Lipinski definition) is 1. The molecular weight excluding hydrogens is 242 g/mol. The smallest absolute Gasteiger partial charge is 0.129 e. The monoisotopic (exact) mass is 259 g/mol. The first-order valence-electron chi connectivity index (χ1n) is 5.93. The highest BCUT2D eigenvalue weighted by atomic mass is 32.1. The minimum Gasteiger partial charge on any atom is -0.389 e. The van der Waals surface area contributed by atoms with Gasteiger partial charge in [-0.15, -0.1) is 0 Å². The summed E-state index contributed by atoms with van der Waals surface area (Å²) in [6.07, 6.45) is 0. The standard InChI is InChI=1S/C14H17N3S/c1-9(2)17(3)13-8-11(14(15)18)10-6-4-5-7-12(10)16-13/h4-9H,1-3H3,(H2,15,18). The van der Waals surface area contributed by atoms with Crippen molar-refractivity contribution in [3.8, 4) is 0 Å². The predicted octanol–water partition coefficient (Wildman–Crippen LogP) is 2.71. The SMILES string of the molecule is CC(C)N(C)c1cc(C(N)=S)c2ccccc2n1. The maximum absolute atomic E-state index is 5.81. The summed E-state index contributed by atoms with van der Waals surface area (Å²) in [6, 6.07) is 10.3. The van der Waals surface area contributed by atoms with Crippen LogP contribution in [0.3, 0.4) is 0 Å². The molecule has 0 fully saturated rings. The van der Waals surface area contributed by atoms with E-state index in [1.807, 2.05) is 37.4 Å². The van der Waals surface area contributed by atoms with Crippen LogP contribution in [0.15, 0.2) is 30.3 Å². The summed E-state index contributed by atoms with van der Waals surface area (Å²) in [5.41, 5.74) is 7.62. The van der Waals surface area contributed by atoms with E-state index in [9.17, 15) is 0 Å². The van der Waals surface area contributed by atoms with Crippen molar-refractivity contribution in [3.63, 3.8) is 0 Å². The molecule has 0 saturated heterocycles. The van der Waals surface area contributed by atoms with Gasteiger partial charge in [-0.25, -0.2) is 4.98 Å². The van der Waals surface area contributed by atoms with Crippen molar-refractivity contribution in [2.45, 2.75) is 19.9 Å². The van der Waals surface area contributed by atoms with Crippen LogP contribution in [-0.2, 0) is 0 Å². The number of benzene rings is 1. The molecule has 0 unspecified atom stereocenters. The Hall–Kier alpha value is -1.68. The summed E-state index contributed by atoms with van der Waals surface area (Å²) in [6.45, 7) is 4.24. The first-order chi connectivity index (χ1) is 8.50. The average molecular weight is 259 g/mol. The van der Waals surface area contributed by atoms with E-state index in [0.29, 0.717) is 11.0 Å². The second kappa shape index (κ2) is 4.90. The van der Waals surface area contributed by atoms with Gasteiger partial charge in [-0.3, -0.25) is 0 Å². The molecule has 2 rings (SSSR count). The fraction of sp³-hybridized carbons (Fsp3) is 0.286. The molecule has 3 nitrogen and oxygen atoms in total. The van der Waals surface area contributed by atoms with E-state index >= 15 is 0 Å². The van der Waals surface area contributed by atoms with E-state index in [0.717, 1.165) is 22.3 Å². The van der Waals surface area contributed by atoms with Gasteiger partial charge >= 0.3 is 0 Å². The Morgan fingerprint density at radius 2 is 2.00 bits per heavy atom. The van der Waals surface area contributed by atoms with Gasteiger partial charge in [0.2, 0.25) is 0 Å². The molecule has 0 amide bonds. The number of fused-ring (bicyclic) bond motifs is 1. The maximum atomic E-state index is 5.81. The summed E-state index contributed by atoms with van der Waals surface area (Å²) in [5, 5.41) is 1.01. The van der Waals surface area contributed by atoms with Crippen molar-refractivity contribution in [2.75, 3.05) is 11.9 Å². The van der Waals surface area contributed by atoms with Crippen LogP contribution >= 0.6 is 12.2 Å². The summed E-state index contributed by atoms with van der Waals surface area (Å²) in [4.78, 5) is 7.16. The Morgan fingerprint density at radius 3 is 2.61 bits per heavy atom. The molecule has 0 atom stereocenters. The first-order valence-corrected chi connectivity index (χ1v) is 6.34. The Morgan fingerprint density at radius 1 is 1.33 bits per heavy atom. The van der Waals surface area contributed by atoms with Crippen molar-refractivity contribution in [1.82, 2.24) is 4.98 Å². The van der Waals surface area contributed by atoms with Crippen LogP contribution in [0.1, 0.15) is 19.4 Å². The van der Waals surface area contributed by atoms with Crippen molar-refractivity contribution in [3.05, 3.63) is 35.9 Å². The molecule has 1 aromatic heterocycles. The van der Waals surface area contributed by atoms with Gasteiger partial charge in [0.1, 0.15) is 10.8 Å². The molecule has 0 spiro atoms. The van der Waals surface area contributed by atoms with Crippen LogP contribution in [0.5, 0.6) is 0 Å². The van der Waals surface area contributed by atoms with Gasteiger partial charge in [0.05, 0.1) is 5.52 Å². The van der Waals surface area contributed by atoms with E-state index < -0.39 is 0 Å². The largest absolute Gasteiger partial charge is 0.389 e. The highest BCUT2D eigenvalue weighted by Gasteiger charge is 2.12. The third-order valence-corrected chi connectivity index (χ3v) is 3.32. The Balaban J connectivity index is 2.68. The number of thiocarbonyl (C=S) groups is 1. The zero-order valence-corrected chi connectivity index (χ0v) is 11.7. The second-order valence-corrected chi connectivity index (χ2v) is 5.05. The number of aromatic nitrogens is 1. The first kappa shape index (κ1) is 12.8. The summed E-state index contributed by atoms with van der Waals surface area (Å²) >= 11 is 5.13. The zero-order valence-electron chi connectivity index (χ0n) is 10.8. The zero-order chi connectivity index (χ0) is 13.3. The topological polar surface area (TPSA) is 42.1 Å². The van der Waals surface area contributed by atoms with E-state index in [1.54, 1.807) is 0 Å². The quantitative estimate of drug-likeness (QED) is 0.861. The predicted molar refractivity (Wildman–Crippen MR) is 81.2 cm³/mol. The fourth-order valence-electron chi connectivity index (χ4n) is 1.81. The number of pyridine rings is 1. The van der Waals surface area contributed by atoms with Gasteiger partial charge in [-0.2, -0.15) is 0 Å². The van der Waals surface area contributed by atoms with E-state index in [2.05, 4.69) is 23.7 Å². The van der Waals surface area contributed by atoms with Gasteiger partial charge in [0, 0.05) is 24.0 Å². The molecular formula is C14H17N3S. The number of nitrogens with zero attached hydrogens (tertiary/aromatic N) is 2. The highest BCUT2D eigenvalue weighted by molar-refractivity contribution is 7.80. The van der Waals surface area contributed by atoms with Crippen LogP contribution in [-0.4, -0.2) is 23.1 Å². The minimum atomic E-state index is 0.373. The van der Waals surface area contributed by atoms with Gasteiger partial charge in [-0.1, -0.05) is 30.4 Å². The number of para-hydroxylation sites is 1. The third-order valence-electron chi connectivity index (χ3n) is 3.10. The lowest BCUT2D eigenvalue weighted by atomic mass is 10.1. The van der Waals surface area contributed by atoms with E-state index in [1.165, 1.54) is 0 Å². The highest BCUT2D eigenvalue weighted by Crippen LogP contribution is 2.23. The van der Waals surface area contributed by atoms with Crippen LogP contribution in [0.2, 0.25) is 0 Å². The number of hydrogen-bond acceptors (Lipinski definition) is 3. The Kier molecular flexibility index (Phi) is 3.48. The fourth-order valence-corrected chi connectivity index (χ4v) is 1.98. The van der Waals surface area contributed by atoms with Crippen molar-refractivity contribution >= 4 is 33.9 Å². The molecule has 0 aliphatic heterocycles. The molecule has 0 aliphatic rings. The summed E-state index contributed by atoms with van der Waals surface area (Å²) in [7, 11) is 2.02. The normalized spacial score (nSPS) is 10.9. The molecule has 0 saturated carbocycles. The third kappa shape index (κ3) is 2.29. The molecule has 2 N–H and O–H groups in total. The second-order valence-electron chi connectivity index (χ2n) is 4.61. The van der Waals surface area contributed by atoms with Crippen molar-refractivity contribution in [1.29, 1.82) is 0 Å². The molecule has 94 valence electrons. The maximum Gasteiger partial charge on any atom is 0.129 e. The molecule has 0 bridgehead atoms. The minimum absolute atomic E-state index is 0.373. The molecule has 0 radical (unpaired) electrons. The Labute approximate surface area is 113 Å². The number of rotatable bonds is 3. The molecule has 1 aromatic carbocycles. The molecule has 0 aliphatic carbocycles. The lowest BCUT2D eigenvalue weighted by molar-refractivity contribution is 0.745. The van der Waals surface area contributed by atoms with Gasteiger partial charge < -0.3 is 10.6 Å². The van der Waals surface area contributed by atoms with Crippen molar-refractivity contribution < 1.29 is 0 Å². The molecule has 1 heterocycles. The van der Waals surface area contributed by atoms with Crippen LogP contribution in [0, 0.1) is 0 Å².